The Morgan fingerprint density at radius 3 is 3.06 bits per heavy atom. The third-order valence-electron chi connectivity index (χ3n) is 3.01. The summed E-state index contributed by atoms with van der Waals surface area (Å²) in [7, 11) is 1.58. The summed E-state index contributed by atoms with van der Waals surface area (Å²) in [4.78, 5) is 14.0. The summed E-state index contributed by atoms with van der Waals surface area (Å²) in [5, 5.41) is 9.39. The van der Waals surface area contributed by atoms with E-state index in [1.54, 1.807) is 19.2 Å². The maximum Gasteiger partial charge on any atom is 0.176 e. The minimum atomic E-state index is -0.284. The molecule has 0 aliphatic carbocycles. The Kier molecular flexibility index (Phi) is 3.76. The number of ketones is 1. The van der Waals surface area contributed by atoms with E-state index in [9.17, 15) is 9.90 Å². The predicted molar refractivity (Wildman–Crippen MR) is 64.4 cm³/mol. The fourth-order valence-corrected chi connectivity index (χ4v) is 2.05. The monoisotopic (exact) mass is 235 g/mol. The van der Waals surface area contributed by atoms with Crippen LogP contribution >= 0.6 is 0 Å². The van der Waals surface area contributed by atoms with Gasteiger partial charge < -0.3 is 9.84 Å². The predicted octanol–water partition coefficient (Wildman–Crippen LogP) is 0.944. The second-order valence-corrected chi connectivity index (χ2v) is 4.33. The summed E-state index contributed by atoms with van der Waals surface area (Å²) in [5.41, 5.74) is 0.658. The van der Waals surface area contributed by atoms with Gasteiger partial charge in [-0.05, 0) is 18.6 Å². The molecule has 1 atom stereocenters. The highest BCUT2D eigenvalue weighted by Crippen LogP contribution is 2.15. The third kappa shape index (κ3) is 3.05. The van der Waals surface area contributed by atoms with Gasteiger partial charge in [0.15, 0.2) is 5.78 Å². The van der Waals surface area contributed by atoms with Crippen LogP contribution in [0.4, 0.5) is 0 Å². The molecule has 1 aliphatic heterocycles. The first-order chi connectivity index (χ1) is 8.19. The third-order valence-corrected chi connectivity index (χ3v) is 3.01. The van der Waals surface area contributed by atoms with Gasteiger partial charge in [-0.1, -0.05) is 12.1 Å². The first-order valence-corrected chi connectivity index (χ1v) is 5.76. The van der Waals surface area contributed by atoms with Crippen LogP contribution in [0.3, 0.4) is 0 Å². The number of hydrogen-bond acceptors (Lipinski definition) is 4. The van der Waals surface area contributed by atoms with Crippen molar-refractivity contribution in [1.29, 1.82) is 0 Å². The summed E-state index contributed by atoms with van der Waals surface area (Å²) >= 11 is 0. The molecule has 0 spiro atoms. The molecule has 17 heavy (non-hydrogen) atoms. The minimum Gasteiger partial charge on any atom is -0.497 e. The van der Waals surface area contributed by atoms with Gasteiger partial charge in [0.1, 0.15) is 5.75 Å². The lowest BCUT2D eigenvalue weighted by Gasteiger charge is -2.13. The van der Waals surface area contributed by atoms with Gasteiger partial charge in [-0.3, -0.25) is 9.69 Å². The van der Waals surface area contributed by atoms with Gasteiger partial charge in [-0.15, -0.1) is 0 Å². The molecule has 4 heteroatoms. The number of nitrogens with zero attached hydrogens (tertiary/aromatic N) is 1. The number of aliphatic hydroxyl groups is 1. The van der Waals surface area contributed by atoms with Crippen LogP contribution in [0.2, 0.25) is 0 Å². The molecule has 1 aromatic carbocycles. The number of hydrogen-bond donors (Lipinski definition) is 1. The Morgan fingerprint density at radius 1 is 1.59 bits per heavy atom. The quantitative estimate of drug-likeness (QED) is 0.789. The van der Waals surface area contributed by atoms with Crippen LogP contribution in [0.1, 0.15) is 16.8 Å². The lowest BCUT2D eigenvalue weighted by atomic mass is 10.1. The molecule has 92 valence electrons. The number of likely N-dealkylation sites (tertiary alicyclic amines) is 1. The van der Waals surface area contributed by atoms with Crippen LogP contribution in [-0.2, 0) is 0 Å². The number of β-amino-alcohol motifs (C(OH)–C–C–N with tert-alkyl or cyclic N) is 1. The minimum absolute atomic E-state index is 0.0676. The van der Waals surface area contributed by atoms with Crippen molar-refractivity contribution in [2.45, 2.75) is 12.5 Å². The Morgan fingerprint density at radius 2 is 2.41 bits per heavy atom. The highest BCUT2D eigenvalue weighted by atomic mass is 16.5. The van der Waals surface area contributed by atoms with E-state index in [2.05, 4.69) is 0 Å². The number of Topliss-reactive ketones (excluding diaryl/α,β-unsaturated/α-hetero) is 1. The normalized spacial score (nSPS) is 20.5. The van der Waals surface area contributed by atoms with E-state index in [0.29, 0.717) is 24.4 Å². The van der Waals surface area contributed by atoms with Crippen LogP contribution in [0.25, 0.3) is 0 Å². The number of benzene rings is 1. The van der Waals surface area contributed by atoms with Gasteiger partial charge in [0.2, 0.25) is 0 Å². The molecule has 1 N–H and O–H groups in total. The van der Waals surface area contributed by atoms with Crippen molar-refractivity contribution in [3.63, 3.8) is 0 Å². The highest BCUT2D eigenvalue weighted by molar-refractivity contribution is 5.97. The molecule has 0 bridgehead atoms. The molecular formula is C13H17NO3. The fraction of sp³-hybridized carbons (Fsp3) is 0.462. The fourth-order valence-electron chi connectivity index (χ4n) is 2.05. The second kappa shape index (κ2) is 5.29. The van der Waals surface area contributed by atoms with E-state index >= 15 is 0 Å². The Hall–Kier alpha value is -1.39. The maximum atomic E-state index is 12.0. The zero-order chi connectivity index (χ0) is 12.3. The first kappa shape index (κ1) is 12.1. The standard InChI is InChI=1S/C13H17NO3/c1-17-12-4-2-3-10(7-12)13(16)9-14-6-5-11(15)8-14/h2-4,7,11,15H,5-6,8-9H2,1H3/t11-/m1/s1. The molecule has 0 amide bonds. The van der Waals surface area contributed by atoms with Crippen molar-refractivity contribution in [1.82, 2.24) is 4.90 Å². The van der Waals surface area contributed by atoms with Crippen molar-refractivity contribution in [3.05, 3.63) is 29.8 Å². The molecule has 0 saturated carbocycles. The Labute approximate surface area is 101 Å². The van der Waals surface area contributed by atoms with Gasteiger partial charge in [-0.2, -0.15) is 0 Å². The zero-order valence-corrected chi connectivity index (χ0v) is 9.93. The number of methoxy groups -OCH3 is 1. The maximum absolute atomic E-state index is 12.0. The SMILES string of the molecule is COc1cccc(C(=O)CN2CC[C@@H](O)C2)c1. The average Bonchev–Trinajstić information content (AvgIpc) is 2.75. The van der Waals surface area contributed by atoms with Gasteiger partial charge in [0.25, 0.3) is 0 Å². The number of rotatable bonds is 4. The molecule has 1 fully saturated rings. The van der Waals surface area contributed by atoms with Gasteiger partial charge in [0, 0.05) is 18.7 Å². The van der Waals surface area contributed by atoms with Gasteiger partial charge in [-0.25, -0.2) is 0 Å². The number of aliphatic hydroxyl groups excluding tert-OH is 1. The molecule has 1 saturated heterocycles. The van der Waals surface area contributed by atoms with E-state index in [0.717, 1.165) is 13.0 Å². The van der Waals surface area contributed by atoms with Crippen LogP contribution in [-0.4, -0.2) is 48.6 Å². The number of carbonyl (C=O) groups is 1. The van der Waals surface area contributed by atoms with Crippen molar-refractivity contribution in [2.75, 3.05) is 26.7 Å². The molecule has 0 radical (unpaired) electrons. The summed E-state index contributed by atoms with van der Waals surface area (Å²) < 4.78 is 5.09. The van der Waals surface area contributed by atoms with Crippen molar-refractivity contribution >= 4 is 5.78 Å². The molecule has 1 aliphatic rings. The molecule has 4 nitrogen and oxygen atoms in total. The summed E-state index contributed by atoms with van der Waals surface area (Å²) in [6.45, 7) is 1.75. The van der Waals surface area contributed by atoms with Crippen molar-refractivity contribution in [3.8, 4) is 5.75 Å². The molecule has 2 rings (SSSR count). The summed E-state index contributed by atoms with van der Waals surface area (Å²) in [6.07, 6.45) is 0.471. The Balaban J connectivity index is 1.99. The van der Waals surface area contributed by atoms with Crippen LogP contribution < -0.4 is 4.74 Å². The van der Waals surface area contributed by atoms with E-state index < -0.39 is 0 Å². The van der Waals surface area contributed by atoms with Crippen LogP contribution in [0, 0.1) is 0 Å². The van der Waals surface area contributed by atoms with E-state index in [4.69, 9.17) is 4.74 Å². The molecule has 1 aromatic rings. The second-order valence-electron chi connectivity index (χ2n) is 4.33. The van der Waals surface area contributed by atoms with Gasteiger partial charge in [0.05, 0.1) is 19.8 Å². The largest absolute Gasteiger partial charge is 0.497 e. The van der Waals surface area contributed by atoms with Gasteiger partial charge >= 0.3 is 0 Å². The van der Waals surface area contributed by atoms with Crippen molar-refractivity contribution < 1.29 is 14.6 Å². The zero-order valence-electron chi connectivity index (χ0n) is 9.93. The molecule has 0 aromatic heterocycles. The lowest BCUT2D eigenvalue weighted by Crippen LogP contribution is -2.28. The number of carbonyl (C=O) groups excluding carboxylic acids is 1. The van der Waals surface area contributed by atoms with E-state index in [-0.39, 0.29) is 11.9 Å². The Bertz CT molecular complexity index is 405. The lowest BCUT2D eigenvalue weighted by molar-refractivity contribution is 0.0934. The van der Waals surface area contributed by atoms with Crippen LogP contribution in [0.5, 0.6) is 5.75 Å². The summed E-state index contributed by atoms with van der Waals surface area (Å²) in [5.74, 6) is 0.760. The van der Waals surface area contributed by atoms with E-state index in [1.807, 2.05) is 17.0 Å². The van der Waals surface area contributed by atoms with Crippen molar-refractivity contribution in [2.24, 2.45) is 0 Å². The highest BCUT2D eigenvalue weighted by Gasteiger charge is 2.22. The summed E-state index contributed by atoms with van der Waals surface area (Å²) in [6, 6.07) is 7.16. The smallest absolute Gasteiger partial charge is 0.176 e. The van der Waals surface area contributed by atoms with E-state index in [1.165, 1.54) is 0 Å². The molecular weight excluding hydrogens is 218 g/mol. The molecule has 1 heterocycles. The average molecular weight is 235 g/mol. The first-order valence-electron chi connectivity index (χ1n) is 5.76. The topological polar surface area (TPSA) is 49.8 Å². The number of ether oxygens (including phenoxy) is 1. The van der Waals surface area contributed by atoms with Crippen LogP contribution in [0.15, 0.2) is 24.3 Å². The molecule has 0 unspecified atom stereocenters.